The summed E-state index contributed by atoms with van der Waals surface area (Å²) in [6, 6.07) is 8.06. The van der Waals surface area contributed by atoms with Crippen LogP contribution in [0.1, 0.15) is 49.1 Å². The van der Waals surface area contributed by atoms with Crippen LogP contribution in [0.4, 0.5) is 0 Å². The number of rotatable bonds is 2. The first-order valence-corrected chi connectivity index (χ1v) is 7.56. The van der Waals surface area contributed by atoms with Crippen molar-refractivity contribution in [1.29, 1.82) is 5.26 Å². The van der Waals surface area contributed by atoms with Crippen molar-refractivity contribution in [3.8, 4) is 11.8 Å². The molecule has 107 valence electrons. The highest BCUT2D eigenvalue weighted by molar-refractivity contribution is 5.92. The van der Waals surface area contributed by atoms with Crippen LogP contribution in [0.25, 0.3) is 10.8 Å². The Labute approximate surface area is 125 Å². The molecule has 2 aromatic rings. The highest BCUT2D eigenvalue weighted by atomic mass is 16.3. The van der Waals surface area contributed by atoms with Crippen molar-refractivity contribution < 1.29 is 5.11 Å². The van der Waals surface area contributed by atoms with E-state index < -0.39 is 0 Å². The van der Waals surface area contributed by atoms with Crippen molar-refractivity contribution in [1.82, 2.24) is 4.98 Å². The fourth-order valence-electron chi connectivity index (χ4n) is 3.33. The number of fused-ring (bicyclic) bond motifs is 1. The number of aromatic nitrogens is 1. The lowest BCUT2D eigenvalue weighted by Gasteiger charge is -2.21. The Bertz CT molecular complexity index is 709. The number of hydrogen-bond acceptors (Lipinski definition) is 3. The minimum atomic E-state index is 0.0771. The first-order chi connectivity index (χ1) is 10.2. The monoisotopic (exact) mass is 279 g/mol. The predicted molar refractivity (Wildman–Crippen MR) is 82.9 cm³/mol. The van der Waals surface area contributed by atoms with Gasteiger partial charge in [-0.25, -0.2) is 4.98 Å². The standard InChI is InChI=1S/C18H19N2O/c1-12-18(21)15-8-7-14(9-13-5-3-2-4-6-13)10-16(15)17(11-19)20-12/h7-8,10,13,21H,1-6,9H2. The van der Waals surface area contributed by atoms with Crippen LogP contribution in [-0.4, -0.2) is 10.1 Å². The summed E-state index contributed by atoms with van der Waals surface area (Å²) < 4.78 is 0. The summed E-state index contributed by atoms with van der Waals surface area (Å²) in [6.45, 7) is 3.68. The Kier molecular flexibility index (Phi) is 3.79. The van der Waals surface area contributed by atoms with Gasteiger partial charge in [-0.2, -0.15) is 5.26 Å². The number of hydrogen-bond donors (Lipinski definition) is 1. The SMILES string of the molecule is [CH2]c1nc(C#N)c2cc(CC3CCCCC3)ccc2c1O. The van der Waals surface area contributed by atoms with Crippen molar-refractivity contribution in [3.05, 3.63) is 42.1 Å². The van der Waals surface area contributed by atoms with Gasteiger partial charge in [-0.3, -0.25) is 0 Å². The summed E-state index contributed by atoms with van der Waals surface area (Å²) in [5, 5.41) is 20.7. The fourth-order valence-corrected chi connectivity index (χ4v) is 3.33. The second kappa shape index (κ2) is 5.73. The molecule has 1 aromatic carbocycles. The van der Waals surface area contributed by atoms with Crippen LogP contribution in [0.3, 0.4) is 0 Å². The average Bonchev–Trinajstić information content (AvgIpc) is 2.52. The Balaban J connectivity index is 1.99. The van der Waals surface area contributed by atoms with E-state index in [1.807, 2.05) is 12.1 Å². The molecular weight excluding hydrogens is 260 g/mol. The van der Waals surface area contributed by atoms with Gasteiger partial charge in [0.05, 0.1) is 5.69 Å². The predicted octanol–water partition coefficient (Wildman–Crippen LogP) is 4.12. The lowest BCUT2D eigenvalue weighted by Crippen LogP contribution is -2.09. The lowest BCUT2D eigenvalue weighted by molar-refractivity contribution is 0.357. The molecule has 1 N–H and O–H groups in total. The molecule has 3 nitrogen and oxygen atoms in total. The molecule has 1 heterocycles. The summed E-state index contributed by atoms with van der Waals surface area (Å²) in [4.78, 5) is 4.09. The summed E-state index contributed by atoms with van der Waals surface area (Å²) in [6.07, 6.45) is 7.66. The van der Waals surface area contributed by atoms with Crippen molar-refractivity contribution >= 4 is 10.8 Å². The number of nitrogens with zero attached hydrogens (tertiary/aromatic N) is 2. The molecule has 0 saturated heterocycles. The summed E-state index contributed by atoms with van der Waals surface area (Å²) in [7, 11) is 0. The van der Waals surface area contributed by atoms with Gasteiger partial charge in [0.2, 0.25) is 0 Å². The smallest absolute Gasteiger partial charge is 0.148 e. The third-order valence-electron chi connectivity index (χ3n) is 4.47. The zero-order valence-electron chi connectivity index (χ0n) is 12.1. The van der Waals surface area contributed by atoms with E-state index in [1.165, 1.54) is 37.7 Å². The van der Waals surface area contributed by atoms with E-state index in [4.69, 9.17) is 0 Å². The van der Waals surface area contributed by atoms with E-state index in [9.17, 15) is 10.4 Å². The topological polar surface area (TPSA) is 56.9 Å². The Morgan fingerprint density at radius 3 is 2.71 bits per heavy atom. The molecule has 1 saturated carbocycles. The van der Waals surface area contributed by atoms with Gasteiger partial charge < -0.3 is 5.11 Å². The maximum absolute atomic E-state index is 10.1. The van der Waals surface area contributed by atoms with Gasteiger partial charge in [0.25, 0.3) is 0 Å². The second-order valence-corrected chi connectivity index (χ2v) is 5.96. The van der Waals surface area contributed by atoms with Gasteiger partial charge in [0.1, 0.15) is 17.5 Å². The quantitative estimate of drug-likeness (QED) is 0.899. The molecule has 3 rings (SSSR count). The van der Waals surface area contributed by atoms with E-state index in [2.05, 4.69) is 24.0 Å². The fraction of sp³-hybridized carbons (Fsp3) is 0.389. The molecule has 0 spiro atoms. The summed E-state index contributed by atoms with van der Waals surface area (Å²) in [5.41, 5.74) is 1.83. The highest BCUT2D eigenvalue weighted by Crippen LogP contribution is 2.32. The maximum atomic E-state index is 10.1. The van der Waals surface area contributed by atoms with E-state index >= 15 is 0 Å². The van der Waals surface area contributed by atoms with Crippen molar-refractivity contribution in [2.45, 2.75) is 38.5 Å². The van der Waals surface area contributed by atoms with Crippen molar-refractivity contribution in [2.24, 2.45) is 5.92 Å². The molecule has 1 aliphatic carbocycles. The summed E-state index contributed by atoms with van der Waals surface area (Å²) in [5.74, 6) is 0.823. The molecular formula is C18H19N2O. The van der Waals surface area contributed by atoms with Gasteiger partial charge in [-0.1, -0.05) is 44.2 Å². The molecule has 1 aromatic heterocycles. The van der Waals surface area contributed by atoms with E-state index in [0.717, 1.165) is 17.7 Å². The maximum Gasteiger partial charge on any atom is 0.148 e. The largest absolute Gasteiger partial charge is 0.505 e. The first kappa shape index (κ1) is 13.9. The van der Waals surface area contributed by atoms with E-state index in [0.29, 0.717) is 11.1 Å². The van der Waals surface area contributed by atoms with Crippen LogP contribution < -0.4 is 0 Å². The van der Waals surface area contributed by atoms with Gasteiger partial charge in [-0.05, 0) is 30.9 Å². The van der Waals surface area contributed by atoms with E-state index in [-0.39, 0.29) is 11.4 Å². The van der Waals surface area contributed by atoms with Crippen LogP contribution in [0, 0.1) is 24.2 Å². The molecule has 0 bridgehead atoms. The van der Waals surface area contributed by atoms with Crippen LogP contribution in [0.5, 0.6) is 5.75 Å². The molecule has 0 atom stereocenters. The number of benzene rings is 1. The van der Waals surface area contributed by atoms with Gasteiger partial charge in [-0.15, -0.1) is 0 Å². The zero-order valence-corrected chi connectivity index (χ0v) is 12.1. The normalized spacial score (nSPS) is 16.0. The van der Waals surface area contributed by atoms with Crippen LogP contribution in [0.15, 0.2) is 18.2 Å². The molecule has 1 aliphatic rings. The minimum Gasteiger partial charge on any atom is -0.505 e. The van der Waals surface area contributed by atoms with Crippen LogP contribution in [-0.2, 0) is 6.42 Å². The molecule has 1 radical (unpaired) electrons. The van der Waals surface area contributed by atoms with Crippen LogP contribution in [0.2, 0.25) is 0 Å². The molecule has 0 aliphatic heterocycles. The first-order valence-electron chi connectivity index (χ1n) is 7.56. The second-order valence-electron chi connectivity index (χ2n) is 5.96. The Morgan fingerprint density at radius 2 is 2.00 bits per heavy atom. The van der Waals surface area contributed by atoms with Gasteiger partial charge in [0.15, 0.2) is 0 Å². The van der Waals surface area contributed by atoms with Crippen LogP contribution >= 0.6 is 0 Å². The Morgan fingerprint density at radius 1 is 1.24 bits per heavy atom. The molecule has 3 heteroatoms. The Hall–Kier alpha value is -2.08. The highest BCUT2D eigenvalue weighted by Gasteiger charge is 2.16. The minimum absolute atomic E-state index is 0.0771. The number of nitriles is 1. The van der Waals surface area contributed by atoms with Crippen molar-refractivity contribution in [2.75, 3.05) is 0 Å². The number of pyridine rings is 1. The third kappa shape index (κ3) is 2.71. The van der Waals surface area contributed by atoms with Crippen molar-refractivity contribution in [3.63, 3.8) is 0 Å². The molecule has 0 amide bonds. The lowest BCUT2D eigenvalue weighted by atomic mass is 9.84. The molecule has 1 fully saturated rings. The number of aromatic hydroxyl groups is 1. The third-order valence-corrected chi connectivity index (χ3v) is 4.47. The summed E-state index contributed by atoms with van der Waals surface area (Å²) >= 11 is 0. The molecule has 0 unspecified atom stereocenters. The van der Waals surface area contributed by atoms with E-state index in [1.54, 1.807) is 0 Å². The van der Waals surface area contributed by atoms with Gasteiger partial charge >= 0.3 is 0 Å². The average molecular weight is 279 g/mol. The van der Waals surface area contributed by atoms with Gasteiger partial charge in [0, 0.05) is 10.8 Å². The zero-order chi connectivity index (χ0) is 14.8. The molecule has 21 heavy (non-hydrogen) atoms.